The van der Waals surface area contributed by atoms with Crippen molar-refractivity contribution in [2.24, 2.45) is 7.05 Å². The van der Waals surface area contributed by atoms with Crippen molar-refractivity contribution in [3.05, 3.63) is 18.2 Å². The standard InChI is InChI=1S/C7H13N3O/c1-10-5-7(9-6-10)4-8-2-3-11/h5-6,8,11H,2-4H2,1H3. The Labute approximate surface area is 65.9 Å². The van der Waals surface area contributed by atoms with Crippen molar-refractivity contribution in [3.63, 3.8) is 0 Å². The Morgan fingerprint density at radius 2 is 2.55 bits per heavy atom. The zero-order chi connectivity index (χ0) is 8.10. The van der Waals surface area contributed by atoms with Crippen molar-refractivity contribution in [2.45, 2.75) is 6.54 Å². The van der Waals surface area contributed by atoms with Crippen molar-refractivity contribution in [2.75, 3.05) is 13.2 Å². The average molecular weight is 155 g/mol. The lowest BCUT2D eigenvalue weighted by atomic mass is 10.4. The first kappa shape index (κ1) is 8.23. The van der Waals surface area contributed by atoms with Gasteiger partial charge in [0.25, 0.3) is 0 Å². The number of nitrogens with one attached hydrogen (secondary N) is 1. The summed E-state index contributed by atoms with van der Waals surface area (Å²) < 4.78 is 1.90. The van der Waals surface area contributed by atoms with Crippen LogP contribution in [-0.2, 0) is 13.6 Å². The Morgan fingerprint density at radius 3 is 3.09 bits per heavy atom. The molecule has 0 bridgehead atoms. The van der Waals surface area contributed by atoms with Gasteiger partial charge in [0, 0.05) is 26.3 Å². The van der Waals surface area contributed by atoms with Gasteiger partial charge in [0.2, 0.25) is 0 Å². The summed E-state index contributed by atoms with van der Waals surface area (Å²) in [6.07, 6.45) is 3.71. The van der Waals surface area contributed by atoms with E-state index in [0.29, 0.717) is 6.54 Å². The number of nitrogens with zero attached hydrogens (tertiary/aromatic N) is 2. The number of aryl methyl sites for hydroxylation is 1. The number of aliphatic hydroxyl groups excluding tert-OH is 1. The number of aromatic nitrogens is 2. The smallest absolute Gasteiger partial charge is 0.0947 e. The first-order valence-corrected chi connectivity index (χ1v) is 3.61. The maximum absolute atomic E-state index is 8.46. The molecule has 0 saturated heterocycles. The summed E-state index contributed by atoms with van der Waals surface area (Å²) in [4.78, 5) is 4.11. The third kappa shape index (κ3) is 2.69. The monoisotopic (exact) mass is 155 g/mol. The van der Waals surface area contributed by atoms with Gasteiger partial charge in [-0.25, -0.2) is 4.98 Å². The third-order valence-electron chi connectivity index (χ3n) is 1.35. The summed E-state index contributed by atoms with van der Waals surface area (Å²) in [5.41, 5.74) is 1.00. The lowest BCUT2D eigenvalue weighted by Crippen LogP contribution is -2.17. The largest absolute Gasteiger partial charge is 0.395 e. The van der Waals surface area contributed by atoms with Gasteiger partial charge in [0.15, 0.2) is 0 Å². The van der Waals surface area contributed by atoms with Gasteiger partial charge in [-0.3, -0.25) is 0 Å². The van der Waals surface area contributed by atoms with Crippen LogP contribution in [0.15, 0.2) is 12.5 Å². The number of rotatable bonds is 4. The molecule has 11 heavy (non-hydrogen) atoms. The zero-order valence-electron chi connectivity index (χ0n) is 6.62. The minimum Gasteiger partial charge on any atom is -0.395 e. The van der Waals surface area contributed by atoms with E-state index in [1.807, 2.05) is 17.8 Å². The van der Waals surface area contributed by atoms with E-state index in [-0.39, 0.29) is 6.61 Å². The van der Waals surface area contributed by atoms with E-state index in [4.69, 9.17) is 5.11 Å². The van der Waals surface area contributed by atoms with Crippen molar-refractivity contribution >= 4 is 0 Å². The fourth-order valence-corrected chi connectivity index (χ4v) is 0.854. The molecule has 4 heteroatoms. The van der Waals surface area contributed by atoms with E-state index < -0.39 is 0 Å². The molecular weight excluding hydrogens is 142 g/mol. The summed E-state index contributed by atoms with van der Waals surface area (Å²) in [7, 11) is 1.93. The van der Waals surface area contributed by atoms with Crippen LogP contribution in [0.2, 0.25) is 0 Å². The molecule has 0 fully saturated rings. The van der Waals surface area contributed by atoms with Crippen molar-refractivity contribution in [1.82, 2.24) is 14.9 Å². The molecule has 0 unspecified atom stereocenters. The van der Waals surface area contributed by atoms with Gasteiger partial charge in [-0.05, 0) is 0 Å². The summed E-state index contributed by atoms with van der Waals surface area (Å²) >= 11 is 0. The maximum atomic E-state index is 8.46. The number of aliphatic hydroxyl groups is 1. The molecule has 2 N–H and O–H groups in total. The van der Waals surface area contributed by atoms with Crippen LogP contribution in [0.3, 0.4) is 0 Å². The topological polar surface area (TPSA) is 50.1 Å². The molecule has 0 aromatic carbocycles. The highest BCUT2D eigenvalue weighted by molar-refractivity contribution is 4.95. The summed E-state index contributed by atoms with van der Waals surface area (Å²) in [6, 6.07) is 0. The Balaban J connectivity index is 2.27. The Kier molecular flexibility index (Phi) is 3.07. The Bertz CT molecular complexity index is 209. The fourth-order valence-electron chi connectivity index (χ4n) is 0.854. The first-order chi connectivity index (χ1) is 5.33. The molecule has 0 atom stereocenters. The second kappa shape index (κ2) is 4.10. The lowest BCUT2D eigenvalue weighted by Gasteiger charge is -1.97. The summed E-state index contributed by atoms with van der Waals surface area (Å²) in [5.74, 6) is 0. The molecule has 0 aliphatic rings. The van der Waals surface area contributed by atoms with Crippen LogP contribution in [0, 0.1) is 0 Å². The predicted molar refractivity (Wildman–Crippen MR) is 42.0 cm³/mol. The highest BCUT2D eigenvalue weighted by atomic mass is 16.3. The fraction of sp³-hybridized carbons (Fsp3) is 0.571. The molecule has 1 aromatic heterocycles. The zero-order valence-corrected chi connectivity index (χ0v) is 6.62. The SMILES string of the molecule is Cn1cnc(CNCCO)c1. The van der Waals surface area contributed by atoms with E-state index in [1.54, 1.807) is 6.33 Å². The Morgan fingerprint density at radius 1 is 1.73 bits per heavy atom. The van der Waals surface area contributed by atoms with Crippen LogP contribution in [0.25, 0.3) is 0 Å². The quantitative estimate of drug-likeness (QED) is 0.576. The predicted octanol–water partition coefficient (Wildman–Crippen LogP) is -0.498. The minimum atomic E-state index is 0.173. The molecule has 0 aliphatic heterocycles. The minimum absolute atomic E-state index is 0.173. The molecule has 0 spiro atoms. The van der Waals surface area contributed by atoms with Crippen LogP contribution in [0.4, 0.5) is 0 Å². The second-order valence-electron chi connectivity index (χ2n) is 2.43. The molecular formula is C7H13N3O. The van der Waals surface area contributed by atoms with E-state index >= 15 is 0 Å². The first-order valence-electron chi connectivity index (χ1n) is 3.61. The molecule has 0 amide bonds. The number of hydrogen-bond donors (Lipinski definition) is 2. The van der Waals surface area contributed by atoms with Crippen LogP contribution >= 0.6 is 0 Å². The maximum Gasteiger partial charge on any atom is 0.0947 e. The van der Waals surface area contributed by atoms with Crippen LogP contribution < -0.4 is 5.32 Å². The van der Waals surface area contributed by atoms with E-state index in [0.717, 1.165) is 12.2 Å². The van der Waals surface area contributed by atoms with E-state index in [1.165, 1.54) is 0 Å². The van der Waals surface area contributed by atoms with Crippen molar-refractivity contribution < 1.29 is 5.11 Å². The van der Waals surface area contributed by atoms with Gasteiger partial charge < -0.3 is 15.0 Å². The highest BCUT2D eigenvalue weighted by Crippen LogP contribution is 1.91. The van der Waals surface area contributed by atoms with Gasteiger partial charge in [0.05, 0.1) is 18.6 Å². The molecule has 1 rings (SSSR count). The number of hydrogen-bond acceptors (Lipinski definition) is 3. The summed E-state index contributed by atoms with van der Waals surface area (Å²) in [5, 5.41) is 11.5. The van der Waals surface area contributed by atoms with Gasteiger partial charge in [-0.15, -0.1) is 0 Å². The molecule has 1 heterocycles. The van der Waals surface area contributed by atoms with Crippen LogP contribution in [0.5, 0.6) is 0 Å². The van der Waals surface area contributed by atoms with Gasteiger partial charge in [-0.1, -0.05) is 0 Å². The van der Waals surface area contributed by atoms with Crippen LogP contribution in [0.1, 0.15) is 5.69 Å². The number of imidazole rings is 1. The van der Waals surface area contributed by atoms with Gasteiger partial charge >= 0.3 is 0 Å². The molecule has 0 saturated carbocycles. The van der Waals surface area contributed by atoms with Crippen molar-refractivity contribution in [3.8, 4) is 0 Å². The lowest BCUT2D eigenvalue weighted by molar-refractivity contribution is 0.291. The van der Waals surface area contributed by atoms with E-state index in [9.17, 15) is 0 Å². The Hall–Kier alpha value is -0.870. The van der Waals surface area contributed by atoms with Crippen molar-refractivity contribution in [1.29, 1.82) is 0 Å². The van der Waals surface area contributed by atoms with Gasteiger partial charge in [-0.2, -0.15) is 0 Å². The second-order valence-corrected chi connectivity index (χ2v) is 2.43. The van der Waals surface area contributed by atoms with Gasteiger partial charge in [0.1, 0.15) is 0 Å². The molecule has 4 nitrogen and oxygen atoms in total. The van der Waals surface area contributed by atoms with Crippen LogP contribution in [-0.4, -0.2) is 27.8 Å². The molecule has 62 valence electrons. The average Bonchev–Trinajstić information content (AvgIpc) is 2.37. The summed E-state index contributed by atoms with van der Waals surface area (Å²) in [6.45, 7) is 1.52. The molecule has 0 radical (unpaired) electrons. The normalized spacial score (nSPS) is 10.4. The third-order valence-corrected chi connectivity index (χ3v) is 1.35. The molecule has 0 aliphatic carbocycles. The molecule has 1 aromatic rings. The van der Waals surface area contributed by atoms with E-state index in [2.05, 4.69) is 10.3 Å². The highest BCUT2D eigenvalue weighted by Gasteiger charge is 1.93.